The van der Waals surface area contributed by atoms with Crippen LogP contribution in [-0.2, 0) is 6.42 Å². The van der Waals surface area contributed by atoms with Crippen molar-refractivity contribution in [2.45, 2.75) is 32.6 Å². The first kappa shape index (κ1) is 16.5. The lowest BCUT2D eigenvalue weighted by atomic mass is 9.82. The minimum absolute atomic E-state index is 0.125. The SMILES string of the molecule is Cc1ccc(Nc2ncc3c(n2)C[C@@H](c2cccc(C)c2)CC3=O)cc1. The Morgan fingerprint density at radius 3 is 2.58 bits per heavy atom. The maximum Gasteiger partial charge on any atom is 0.227 e. The van der Waals surface area contributed by atoms with Gasteiger partial charge in [-0.2, -0.15) is 0 Å². The van der Waals surface area contributed by atoms with Crippen molar-refractivity contribution in [3.8, 4) is 0 Å². The van der Waals surface area contributed by atoms with Gasteiger partial charge in [0, 0.05) is 18.3 Å². The van der Waals surface area contributed by atoms with E-state index in [1.807, 2.05) is 24.3 Å². The van der Waals surface area contributed by atoms with Gasteiger partial charge in [-0.05, 0) is 43.9 Å². The van der Waals surface area contributed by atoms with Gasteiger partial charge in [-0.15, -0.1) is 0 Å². The number of carbonyl (C=O) groups excluding carboxylic acids is 1. The van der Waals surface area contributed by atoms with Gasteiger partial charge in [-0.3, -0.25) is 4.79 Å². The van der Waals surface area contributed by atoms with E-state index in [9.17, 15) is 4.79 Å². The van der Waals surface area contributed by atoms with Crippen molar-refractivity contribution in [3.63, 3.8) is 0 Å². The summed E-state index contributed by atoms with van der Waals surface area (Å²) in [6.07, 6.45) is 2.94. The summed E-state index contributed by atoms with van der Waals surface area (Å²) in [5, 5.41) is 3.23. The Hall–Kier alpha value is -3.01. The number of nitrogens with zero attached hydrogens (tertiary/aromatic N) is 2. The van der Waals surface area contributed by atoms with Gasteiger partial charge in [0.1, 0.15) is 0 Å². The minimum Gasteiger partial charge on any atom is -0.324 e. The number of carbonyl (C=O) groups is 1. The van der Waals surface area contributed by atoms with Gasteiger partial charge in [0.25, 0.3) is 0 Å². The van der Waals surface area contributed by atoms with Gasteiger partial charge in [-0.25, -0.2) is 9.97 Å². The Labute approximate surface area is 153 Å². The van der Waals surface area contributed by atoms with E-state index in [2.05, 4.69) is 53.4 Å². The highest BCUT2D eigenvalue weighted by molar-refractivity contribution is 5.98. The van der Waals surface area contributed by atoms with Crippen LogP contribution >= 0.6 is 0 Å². The number of anilines is 2. The largest absolute Gasteiger partial charge is 0.324 e. The number of hydrogen-bond acceptors (Lipinski definition) is 4. The second-order valence-corrected chi connectivity index (χ2v) is 6.99. The van der Waals surface area contributed by atoms with Crippen molar-refractivity contribution in [2.75, 3.05) is 5.32 Å². The molecule has 1 atom stereocenters. The summed E-state index contributed by atoms with van der Waals surface area (Å²) in [4.78, 5) is 21.5. The fourth-order valence-corrected chi connectivity index (χ4v) is 3.43. The van der Waals surface area contributed by atoms with Crippen LogP contribution in [0.1, 0.15) is 45.1 Å². The third-order valence-electron chi connectivity index (χ3n) is 4.86. The highest BCUT2D eigenvalue weighted by atomic mass is 16.1. The molecule has 0 amide bonds. The second-order valence-electron chi connectivity index (χ2n) is 6.99. The summed E-state index contributed by atoms with van der Waals surface area (Å²) in [5.41, 5.74) is 6.04. The van der Waals surface area contributed by atoms with E-state index >= 15 is 0 Å². The summed E-state index contributed by atoms with van der Waals surface area (Å²) in [6, 6.07) is 16.5. The van der Waals surface area contributed by atoms with Crippen molar-refractivity contribution < 1.29 is 4.79 Å². The number of Topliss-reactive ketones (excluding diaryl/α,β-unsaturated/α-hetero) is 1. The summed E-state index contributed by atoms with van der Waals surface area (Å²) < 4.78 is 0. The van der Waals surface area contributed by atoms with Crippen LogP contribution in [0.15, 0.2) is 54.7 Å². The van der Waals surface area contributed by atoms with Crippen LogP contribution in [0.5, 0.6) is 0 Å². The smallest absolute Gasteiger partial charge is 0.227 e. The molecule has 0 unspecified atom stereocenters. The van der Waals surface area contributed by atoms with Crippen molar-refractivity contribution in [1.29, 1.82) is 0 Å². The monoisotopic (exact) mass is 343 g/mol. The Morgan fingerprint density at radius 1 is 1.00 bits per heavy atom. The van der Waals surface area contributed by atoms with E-state index in [0.717, 1.165) is 17.8 Å². The molecule has 130 valence electrons. The van der Waals surface area contributed by atoms with E-state index in [4.69, 9.17) is 0 Å². The predicted molar refractivity (Wildman–Crippen MR) is 103 cm³/mol. The topological polar surface area (TPSA) is 54.9 Å². The average Bonchev–Trinajstić information content (AvgIpc) is 2.63. The Kier molecular flexibility index (Phi) is 4.25. The van der Waals surface area contributed by atoms with Gasteiger partial charge in [0.2, 0.25) is 5.95 Å². The van der Waals surface area contributed by atoms with E-state index < -0.39 is 0 Å². The lowest BCUT2D eigenvalue weighted by Gasteiger charge is -2.23. The molecule has 0 saturated carbocycles. The minimum atomic E-state index is 0.125. The normalized spacial score (nSPS) is 16.2. The predicted octanol–water partition coefficient (Wildman–Crippen LogP) is 4.75. The fourth-order valence-electron chi connectivity index (χ4n) is 3.43. The highest BCUT2D eigenvalue weighted by Gasteiger charge is 2.28. The maximum atomic E-state index is 12.6. The van der Waals surface area contributed by atoms with Gasteiger partial charge in [0.15, 0.2) is 5.78 Å². The number of aromatic nitrogens is 2. The molecular formula is C22H21N3O. The summed E-state index contributed by atoms with van der Waals surface area (Å²) in [6.45, 7) is 4.13. The van der Waals surface area contributed by atoms with Gasteiger partial charge < -0.3 is 5.32 Å². The second kappa shape index (κ2) is 6.71. The lowest BCUT2D eigenvalue weighted by Crippen LogP contribution is -2.21. The van der Waals surface area contributed by atoms with Crippen molar-refractivity contribution in [1.82, 2.24) is 9.97 Å². The molecule has 0 spiro atoms. The fraction of sp³-hybridized carbons (Fsp3) is 0.227. The van der Waals surface area contributed by atoms with E-state index in [0.29, 0.717) is 17.9 Å². The van der Waals surface area contributed by atoms with Crippen LogP contribution in [0.25, 0.3) is 0 Å². The van der Waals surface area contributed by atoms with E-state index in [-0.39, 0.29) is 11.7 Å². The molecular weight excluding hydrogens is 322 g/mol. The average molecular weight is 343 g/mol. The third kappa shape index (κ3) is 3.36. The molecule has 0 radical (unpaired) electrons. The van der Waals surface area contributed by atoms with Gasteiger partial charge in [-0.1, -0.05) is 47.5 Å². The molecule has 4 rings (SSSR count). The Morgan fingerprint density at radius 2 is 1.81 bits per heavy atom. The zero-order chi connectivity index (χ0) is 18.1. The zero-order valence-electron chi connectivity index (χ0n) is 15.0. The molecule has 1 aliphatic rings. The van der Waals surface area contributed by atoms with E-state index in [1.54, 1.807) is 6.20 Å². The van der Waals surface area contributed by atoms with Crippen LogP contribution in [0.3, 0.4) is 0 Å². The molecule has 1 heterocycles. The molecule has 3 aromatic rings. The van der Waals surface area contributed by atoms with Gasteiger partial charge >= 0.3 is 0 Å². The maximum absolute atomic E-state index is 12.6. The Bertz CT molecular complexity index is 963. The number of hydrogen-bond donors (Lipinski definition) is 1. The lowest BCUT2D eigenvalue weighted by molar-refractivity contribution is 0.0962. The van der Waals surface area contributed by atoms with Crippen molar-refractivity contribution in [3.05, 3.63) is 82.7 Å². The molecule has 1 aromatic heterocycles. The molecule has 0 aliphatic heterocycles. The molecule has 0 saturated heterocycles. The number of fused-ring (bicyclic) bond motifs is 1. The Balaban J connectivity index is 1.61. The molecule has 2 aromatic carbocycles. The van der Waals surface area contributed by atoms with Crippen LogP contribution in [0.2, 0.25) is 0 Å². The summed E-state index contributed by atoms with van der Waals surface area (Å²) in [7, 11) is 0. The first-order valence-electron chi connectivity index (χ1n) is 8.88. The molecule has 4 heteroatoms. The highest BCUT2D eigenvalue weighted by Crippen LogP contribution is 2.32. The molecule has 0 fully saturated rings. The molecule has 1 aliphatic carbocycles. The number of ketones is 1. The standard InChI is InChI=1S/C22H21N3O/c1-14-6-8-18(9-7-14)24-22-23-13-19-20(25-22)11-17(12-21(19)26)16-5-3-4-15(2)10-16/h3-10,13,17H,11-12H2,1-2H3,(H,23,24,25)/t17-/m1/s1. The number of nitrogens with one attached hydrogen (secondary N) is 1. The third-order valence-corrected chi connectivity index (χ3v) is 4.86. The van der Waals surface area contributed by atoms with Crippen molar-refractivity contribution in [2.24, 2.45) is 0 Å². The zero-order valence-corrected chi connectivity index (χ0v) is 15.0. The molecule has 26 heavy (non-hydrogen) atoms. The van der Waals surface area contributed by atoms with Crippen LogP contribution in [0.4, 0.5) is 11.6 Å². The quantitative estimate of drug-likeness (QED) is 0.745. The number of rotatable bonds is 3. The van der Waals surface area contributed by atoms with Gasteiger partial charge in [0.05, 0.1) is 11.3 Å². The van der Waals surface area contributed by atoms with Crippen LogP contribution in [-0.4, -0.2) is 15.8 Å². The first-order valence-corrected chi connectivity index (χ1v) is 8.88. The van der Waals surface area contributed by atoms with Crippen LogP contribution in [0, 0.1) is 13.8 Å². The molecule has 4 nitrogen and oxygen atoms in total. The van der Waals surface area contributed by atoms with E-state index in [1.165, 1.54) is 16.7 Å². The summed E-state index contributed by atoms with van der Waals surface area (Å²) in [5.74, 6) is 0.835. The van der Waals surface area contributed by atoms with Crippen LogP contribution < -0.4 is 5.32 Å². The molecule has 0 bridgehead atoms. The first-order chi connectivity index (χ1) is 12.6. The number of benzene rings is 2. The number of aryl methyl sites for hydroxylation is 2. The van der Waals surface area contributed by atoms with Crippen molar-refractivity contribution >= 4 is 17.4 Å². The summed E-state index contributed by atoms with van der Waals surface area (Å²) >= 11 is 0. The molecule has 1 N–H and O–H groups in total.